The third-order valence-corrected chi connectivity index (χ3v) is 12.4. The van der Waals surface area contributed by atoms with E-state index in [1.807, 2.05) is 0 Å². The van der Waals surface area contributed by atoms with Crippen LogP contribution in [-0.2, 0) is 52.1 Å². The molecule has 0 amide bonds. The summed E-state index contributed by atoms with van der Waals surface area (Å²) in [7, 11) is 0. The van der Waals surface area contributed by atoms with Crippen molar-refractivity contribution in [2.24, 2.45) is 0 Å². The molecule has 6 aliphatic heterocycles. The highest BCUT2D eigenvalue weighted by atomic mass is 16.8. The summed E-state index contributed by atoms with van der Waals surface area (Å²) < 4.78 is 60.5. The molecular formula is C36H62O31. The van der Waals surface area contributed by atoms with Gasteiger partial charge in [0.15, 0.2) is 37.7 Å². The van der Waals surface area contributed by atoms with Crippen LogP contribution < -0.4 is 0 Å². The van der Waals surface area contributed by atoms with Gasteiger partial charge in [-0.1, -0.05) is 0 Å². The van der Waals surface area contributed by atoms with E-state index in [1.54, 1.807) is 0 Å². The van der Waals surface area contributed by atoms with Crippen LogP contribution >= 0.6 is 0 Å². The molecule has 67 heavy (non-hydrogen) atoms. The van der Waals surface area contributed by atoms with E-state index in [1.165, 1.54) is 0 Å². The Morgan fingerprint density at radius 2 is 0.522 bits per heavy atom. The van der Waals surface area contributed by atoms with Crippen LogP contribution in [0.3, 0.4) is 0 Å². The first-order chi connectivity index (χ1) is 31.7. The van der Waals surface area contributed by atoms with E-state index < -0.39 is 224 Å². The van der Waals surface area contributed by atoms with Crippen LogP contribution in [0.25, 0.3) is 0 Å². The van der Waals surface area contributed by atoms with Crippen LogP contribution in [0.1, 0.15) is 0 Å². The molecule has 6 fully saturated rings. The smallest absolute Gasteiger partial charge is 0.187 e. The Kier molecular flexibility index (Phi) is 19.4. The summed E-state index contributed by atoms with van der Waals surface area (Å²) in [5.41, 5.74) is 0. The lowest BCUT2D eigenvalue weighted by Gasteiger charge is -2.49. The minimum absolute atomic E-state index is 0.790. The maximum Gasteiger partial charge on any atom is 0.187 e. The van der Waals surface area contributed by atoms with Gasteiger partial charge in [-0.2, -0.15) is 0 Å². The van der Waals surface area contributed by atoms with Crippen LogP contribution in [0.15, 0.2) is 0 Å². The van der Waals surface area contributed by atoms with E-state index in [0.717, 1.165) is 0 Å². The van der Waals surface area contributed by atoms with Gasteiger partial charge in [-0.05, 0) is 0 Å². The molecule has 0 aromatic heterocycles. The molecule has 0 spiro atoms. The molecule has 31 nitrogen and oxygen atoms in total. The molecule has 28 unspecified atom stereocenters. The summed E-state index contributed by atoms with van der Waals surface area (Å²) in [6.45, 7) is -5.31. The van der Waals surface area contributed by atoms with Gasteiger partial charge in [0.1, 0.15) is 146 Å². The van der Waals surface area contributed by atoms with Gasteiger partial charge < -0.3 is 154 Å². The van der Waals surface area contributed by atoms with Crippen molar-refractivity contribution in [2.75, 3.05) is 39.6 Å². The summed E-state index contributed by atoms with van der Waals surface area (Å²) in [5, 5.41) is 210. The molecule has 20 N–H and O–H groups in total. The Balaban J connectivity index is 1.20. The minimum Gasteiger partial charge on any atom is -0.394 e. The van der Waals surface area contributed by atoms with Crippen molar-refractivity contribution < 1.29 is 154 Å². The number of aliphatic hydroxyl groups is 20. The van der Waals surface area contributed by atoms with E-state index >= 15 is 0 Å². The van der Waals surface area contributed by atoms with Gasteiger partial charge in [0, 0.05) is 0 Å². The summed E-state index contributed by atoms with van der Waals surface area (Å²) in [5.74, 6) is 0. The van der Waals surface area contributed by atoms with Crippen molar-refractivity contribution in [3.05, 3.63) is 0 Å². The average molecular weight is 991 g/mol. The first kappa shape index (κ1) is 55.1. The molecule has 30 atom stereocenters. The molecule has 0 bridgehead atoms. The van der Waals surface area contributed by atoms with E-state index in [-0.39, 0.29) is 0 Å². The molecule has 0 aromatic rings. The van der Waals surface area contributed by atoms with Gasteiger partial charge >= 0.3 is 0 Å². The third kappa shape index (κ3) is 11.5. The average Bonchev–Trinajstić information content (AvgIpc) is 3.31. The molecule has 0 aliphatic carbocycles. The van der Waals surface area contributed by atoms with Gasteiger partial charge in [-0.15, -0.1) is 0 Å². The van der Waals surface area contributed by atoms with Crippen LogP contribution in [0.5, 0.6) is 0 Å². The topological polar surface area (TPSA) is 506 Å². The zero-order valence-corrected chi connectivity index (χ0v) is 35.0. The van der Waals surface area contributed by atoms with E-state index in [4.69, 9.17) is 52.1 Å². The standard InChI is InChI=1S/C36H62O31/c37-1-7-13(41)19(47)22(50)32(60-7)57-5-11-17(45)28(25(53)31(56)59-11)65-35-26(54)29(16(44)10(4-40)63-35)67-36-27(55)30(66-34-24(52)21(49)15(43)9(3-39)62-34)18(46)12(64-36)6-58-33-23(51)20(48)14(42)8(2-38)61-33/h7-56H,1-6H2/t7?,8?,9?,10?,11?,12?,13?,14?,15?,16?,17?,18-,19?,20?,21?,22?,23?,24?,25?,26?,27?,28?,29?,30?,31-,32?,33?,34?,35?,36?/m0/s1. The fourth-order valence-corrected chi connectivity index (χ4v) is 8.29. The maximum atomic E-state index is 11.6. The normalized spacial score (nSPS) is 53.4. The first-order valence-corrected chi connectivity index (χ1v) is 21.1. The second-order valence-electron chi connectivity index (χ2n) is 16.8. The van der Waals surface area contributed by atoms with Gasteiger partial charge in [-0.25, -0.2) is 0 Å². The zero-order chi connectivity index (χ0) is 49.3. The molecule has 6 aliphatic rings. The van der Waals surface area contributed by atoms with Gasteiger partial charge in [0.25, 0.3) is 0 Å². The Hall–Kier alpha value is -1.24. The molecule has 6 rings (SSSR count). The second kappa shape index (κ2) is 23.5. The zero-order valence-electron chi connectivity index (χ0n) is 35.0. The lowest BCUT2D eigenvalue weighted by molar-refractivity contribution is -0.393. The summed E-state index contributed by atoms with van der Waals surface area (Å²) in [6, 6.07) is 0. The van der Waals surface area contributed by atoms with Crippen molar-refractivity contribution in [3.8, 4) is 0 Å². The number of hydrogen-bond donors (Lipinski definition) is 20. The molecule has 31 heteroatoms. The van der Waals surface area contributed by atoms with E-state index in [9.17, 15) is 102 Å². The van der Waals surface area contributed by atoms with Gasteiger partial charge in [0.05, 0.1) is 39.6 Å². The summed E-state index contributed by atoms with van der Waals surface area (Å²) in [4.78, 5) is 0. The van der Waals surface area contributed by atoms with Crippen molar-refractivity contribution in [2.45, 2.75) is 184 Å². The maximum absolute atomic E-state index is 11.6. The fraction of sp³-hybridized carbons (Fsp3) is 1.00. The lowest BCUT2D eigenvalue weighted by Crippen LogP contribution is -2.68. The monoisotopic (exact) mass is 990 g/mol. The third-order valence-electron chi connectivity index (χ3n) is 12.4. The Bertz CT molecular complexity index is 1500. The SMILES string of the molecule is OCC1OC(OCC2O[C@H](O)C(O)C(OC3OC(CO)C(O)C(OC4OC(COC5OC(CO)C(O)C(O)C5O)[C@H](O)C(OC5OC(CO)C(O)C(O)C5O)C4O)C3O)C2O)C(O)C(O)C1O. The number of aliphatic hydroxyl groups excluding tert-OH is 20. The highest BCUT2D eigenvalue weighted by molar-refractivity contribution is 4.99. The highest BCUT2D eigenvalue weighted by Gasteiger charge is 2.56. The Morgan fingerprint density at radius 3 is 0.896 bits per heavy atom. The largest absolute Gasteiger partial charge is 0.394 e. The van der Waals surface area contributed by atoms with Crippen LogP contribution in [0, 0.1) is 0 Å². The summed E-state index contributed by atoms with van der Waals surface area (Å²) >= 11 is 0. The number of hydrogen-bond acceptors (Lipinski definition) is 31. The van der Waals surface area contributed by atoms with Crippen LogP contribution in [0.4, 0.5) is 0 Å². The predicted octanol–water partition coefficient (Wildman–Crippen LogP) is -14.1. The molecule has 6 heterocycles. The molecule has 392 valence electrons. The van der Waals surface area contributed by atoms with Crippen molar-refractivity contribution in [3.63, 3.8) is 0 Å². The lowest BCUT2D eigenvalue weighted by atomic mass is 9.95. The fourth-order valence-electron chi connectivity index (χ4n) is 8.29. The first-order valence-electron chi connectivity index (χ1n) is 21.1. The molecule has 6 saturated heterocycles. The molecular weight excluding hydrogens is 928 g/mol. The Labute approximate surface area is 378 Å². The molecule has 0 aromatic carbocycles. The highest BCUT2D eigenvalue weighted by Crippen LogP contribution is 2.35. The van der Waals surface area contributed by atoms with E-state index in [0.29, 0.717) is 0 Å². The minimum atomic E-state index is -2.27. The van der Waals surface area contributed by atoms with Gasteiger partial charge in [-0.3, -0.25) is 0 Å². The number of rotatable bonds is 16. The van der Waals surface area contributed by atoms with E-state index in [2.05, 4.69) is 0 Å². The van der Waals surface area contributed by atoms with Crippen LogP contribution in [-0.4, -0.2) is 326 Å². The van der Waals surface area contributed by atoms with Gasteiger partial charge in [0.2, 0.25) is 0 Å². The second-order valence-corrected chi connectivity index (χ2v) is 16.8. The molecule has 0 radical (unpaired) electrons. The Morgan fingerprint density at radius 1 is 0.254 bits per heavy atom. The van der Waals surface area contributed by atoms with Crippen molar-refractivity contribution in [1.82, 2.24) is 0 Å². The number of ether oxygens (including phenoxy) is 11. The van der Waals surface area contributed by atoms with Crippen molar-refractivity contribution in [1.29, 1.82) is 0 Å². The quantitative estimate of drug-likeness (QED) is 0.0683. The summed E-state index contributed by atoms with van der Waals surface area (Å²) in [6.07, 6.45) is -57.8. The van der Waals surface area contributed by atoms with Crippen LogP contribution in [0.2, 0.25) is 0 Å². The predicted molar refractivity (Wildman–Crippen MR) is 199 cm³/mol. The molecule has 0 saturated carbocycles. The van der Waals surface area contributed by atoms with Crippen molar-refractivity contribution >= 4 is 0 Å².